The molecule has 0 spiro atoms. The molecule has 0 amide bonds. The van der Waals surface area contributed by atoms with Gasteiger partial charge in [0.25, 0.3) is 0 Å². The largest absolute Gasteiger partial charge is 0.468 e. The highest BCUT2D eigenvalue weighted by atomic mass is 32.1. The number of hydrogen-bond acceptors (Lipinski definition) is 8. The molecule has 0 bridgehead atoms. The standard InChI is InChI=1S/C14H19N5O3S/c1-21-9-14(13(20)22-2)5-6-19(8-14)7-10-3-4-11(23-10)12-15-17-18-16-12/h3-4H,5-9H2,1-2H3,(H,15,16,17,18). The molecule has 23 heavy (non-hydrogen) atoms. The zero-order valence-electron chi connectivity index (χ0n) is 13.1. The lowest BCUT2D eigenvalue weighted by molar-refractivity contribution is -0.155. The number of H-pyrrole nitrogens is 1. The number of thiophene rings is 1. The molecular weight excluding hydrogens is 318 g/mol. The van der Waals surface area contributed by atoms with Gasteiger partial charge in [0.1, 0.15) is 5.41 Å². The molecule has 1 atom stereocenters. The molecule has 1 fully saturated rings. The molecular formula is C14H19N5O3S. The van der Waals surface area contributed by atoms with Crippen LogP contribution < -0.4 is 0 Å². The SMILES string of the molecule is COCC1(C(=O)OC)CCN(Cc2ccc(-c3nn[nH]n3)s2)C1. The third kappa shape index (κ3) is 3.26. The summed E-state index contributed by atoms with van der Waals surface area (Å²) < 4.78 is 10.2. The molecule has 0 aliphatic carbocycles. The van der Waals surface area contributed by atoms with E-state index in [4.69, 9.17) is 9.47 Å². The van der Waals surface area contributed by atoms with Crippen LogP contribution in [0, 0.1) is 5.41 Å². The number of nitrogens with one attached hydrogen (secondary N) is 1. The van der Waals surface area contributed by atoms with Gasteiger partial charge in [-0.15, -0.1) is 21.5 Å². The molecule has 1 N–H and O–H groups in total. The van der Waals surface area contributed by atoms with Gasteiger partial charge in [0.05, 0.1) is 18.6 Å². The second-order valence-corrected chi connectivity index (χ2v) is 6.84. The van der Waals surface area contributed by atoms with E-state index in [0.717, 1.165) is 24.4 Å². The van der Waals surface area contributed by atoms with Gasteiger partial charge in [-0.25, -0.2) is 0 Å². The molecule has 1 aliphatic rings. The Morgan fingerprint density at radius 3 is 3.04 bits per heavy atom. The third-order valence-electron chi connectivity index (χ3n) is 4.08. The summed E-state index contributed by atoms with van der Waals surface area (Å²) in [6.45, 7) is 2.65. The van der Waals surface area contributed by atoms with Crippen molar-refractivity contribution in [3.8, 4) is 10.7 Å². The van der Waals surface area contributed by atoms with Crippen LogP contribution in [0.1, 0.15) is 11.3 Å². The number of likely N-dealkylation sites (tertiary alicyclic amines) is 1. The summed E-state index contributed by atoms with van der Waals surface area (Å²) in [4.78, 5) is 16.6. The minimum atomic E-state index is -0.558. The van der Waals surface area contributed by atoms with Crippen LogP contribution in [0.2, 0.25) is 0 Å². The van der Waals surface area contributed by atoms with Gasteiger partial charge in [0.15, 0.2) is 0 Å². The van der Waals surface area contributed by atoms with E-state index < -0.39 is 5.41 Å². The molecule has 3 rings (SSSR count). The molecule has 8 nitrogen and oxygen atoms in total. The van der Waals surface area contributed by atoms with E-state index in [0.29, 0.717) is 19.0 Å². The number of carbonyl (C=O) groups is 1. The number of rotatable bonds is 6. The van der Waals surface area contributed by atoms with Gasteiger partial charge in [-0.1, -0.05) is 0 Å². The van der Waals surface area contributed by atoms with Crippen molar-refractivity contribution >= 4 is 17.3 Å². The molecule has 0 radical (unpaired) electrons. The molecule has 124 valence electrons. The summed E-state index contributed by atoms with van der Waals surface area (Å²) in [6.07, 6.45) is 0.747. The molecule has 2 aromatic heterocycles. The topological polar surface area (TPSA) is 93.2 Å². The van der Waals surface area contributed by atoms with E-state index in [2.05, 4.69) is 31.6 Å². The number of nitrogens with zero attached hydrogens (tertiary/aromatic N) is 4. The Bertz CT molecular complexity index is 659. The quantitative estimate of drug-likeness (QED) is 0.784. The number of methoxy groups -OCH3 is 2. The van der Waals surface area contributed by atoms with Crippen LogP contribution in [-0.4, -0.2) is 65.4 Å². The number of ether oxygens (including phenoxy) is 2. The van der Waals surface area contributed by atoms with Crippen molar-refractivity contribution < 1.29 is 14.3 Å². The van der Waals surface area contributed by atoms with Crippen molar-refractivity contribution in [2.75, 3.05) is 33.9 Å². The van der Waals surface area contributed by atoms with Crippen molar-refractivity contribution in [2.24, 2.45) is 5.41 Å². The van der Waals surface area contributed by atoms with Crippen molar-refractivity contribution in [2.45, 2.75) is 13.0 Å². The fraction of sp³-hybridized carbons (Fsp3) is 0.571. The first-order chi connectivity index (χ1) is 11.2. The first kappa shape index (κ1) is 16.0. The lowest BCUT2D eigenvalue weighted by Crippen LogP contribution is -2.39. The van der Waals surface area contributed by atoms with Gasteiger partial charge >= 0.3 is 5.97 Å². The van der Waals surface area contributed by atoms with E-state index >= 15 is 0 Å². The summed E-state index contributed by atoms with van der Waals surface area (Å²) in [6, 6.07) is 4.05. The normalized spacial score (nSPS) is 21.7. The maximum Gasteiger partial charge on any atom is 0.315 e. The fourth-order valence-corrected chi connectivity index (χ4v) is 3.98. The predicted molar refractivity (Wildman–Crippen MR) is 83.7 cm³/mol. The smallest absolute Gasteiger partial charge is 0.315 e. The van der Waals surface area contributed by atoms with Crippen LogP contribution in [0.3, 0.4) is 0 Å². The summed E-state index contributed by atoms with van der Waals surface area (Å²) in [5.74, 6) is 0.409. The van der Waals surface area contributed by atoms with Gasteiger partial charge < -0.3 is 9.47 Å². The van der Waals surface area contributed by atoms with Crippen molar-refractivity contribution in [1.29, 1.82) is 0 Å². The highest BCUT2D eigenvalue weighted by Gasteiger charge is 2.45. The van der Waals surface area contributed by atoms with Crippen LogP contribution in [0.25, 0.3) is 10.7 Å². The molecule has 1 aliphatic heterocycles. The Morgan fingerprint density at radius 2 is 2.35 bits per heavy atom. The summed E-state index contributed by atoms with van der Waals surface area (Å²) in [5, 5.41) is 14.0. The van der Waals surface area contributed by atoms with Crippen LogP contribution in [0.15, 0.2) is 12.1 Å². The first-order valence-corrected chi connectivity index (χ1v) is 8.11. The van der Waals surface area contributed by atoms with Crippen LogP contribution in [0.4, 0.5) is 0 Å². The average molecular weight is 337 g/mol. The Morgan fingerprint density at radius 1 is 1.48 bits per heavy atom. The van der Waals surface area contributed by atoms with Crippen LogP contribution >= 0.6 is 11.3 Å². The van der Waals surface area contributed by atoms with E-state index in [1.165, 1.54) is 12.0 Å². The maximum absolute atomic E-state index is 12.1. The van der Waals surface area contributed by atoms with E-state index in [9.17, 15) is 4.79 Å². The zero-order chi connectivity index (χ0) is 16.3. The maximum atomic E-state index is 12.1. The monoisotopic (exact) mass is 337 g/mol. The number of aromatic amines is 1. The number of hydrogen-bond donors (Lipinski definition) is 1. The molecule has 9 heteroatoms. The van der Waals surface area contributed by atoms with Gasteiger partial charge in [-0.2, -0.15) is 5.21 Å². The Kier molecular flexibility index (Phi) is 4.69. The van der Waals surface area contributed by atoms with Crippen LogP contribution in [-0.2, 0) is 20.8 Å². The highest BCUT2D eigenvalue weighted by molar-refractivity contribution is 7.15. The van der Waals surface area contributed by atoms with E-state index in [-0.39, 0.29) is 5.97 Å². The Labute approximate surface area is 137 Å². The summed E-state index contributed by atoms with van der Waals surface area (Å²) in [5.41, 5.74) is -0.558. The molecule has 0 saturated carbocycles. The highest BCUT2D eigenvalue weighted by Crippen LogP contribution is 2.34. The number of esters is 1. The minimum Gasteiger partial charge on any atom is -0.468 e. The van der Waals surface area contributed by atoms with Crippen molar-refractivity contribution in [3.63, 3.8) is 0 Å². The van der Waals surface area contributed by atoms with E-state index in [1.54, 1.807) is 18.4 Å². The second-order valence-electron chi connectivity index (χ2n) is 5.67. The molecule has 1 unspecified atom stereocenters. The lowest BCUT2D eigenvalue weighted by Gasteiger charge is -2.25. The molecule has 3 heterocycles. The van der Waals surface area contributed by atoms with E-state index in [1.807, 2.05) is 6.07 Å². The molecule has 2 aromatic rings. The van der Waals surface area contributed by atoms with Gasteiger partial charge in [-0.3, -0.25) is 9.69 Å². The Hall–Kier alpha value is -1.84. The molecule has 0 aromatic carbocycles. The first-order valence-electron chi connectivity index (χ1n) is 7.29. The Balaban J connectivity index is 1.66. The van der Waals surface area contributed by atoms with Crippen molar-refractivity contribution in [1.82, 2.24) is 25.5 Å². The lowest BCUT2D eigenvalue weighted by atomic mass is 9.88. The van der Waals surface area contributed by atoms with Crippen molar-refractivity contribution in [3.05, 3.63) is 17.0 Å². The van der Waals surface area contributed by atoms with Gasteiger partial charge in [0, 0.05) is 25.1 Å². The number of tetrazole rings is 1. The second kappa shape index (κ2) is 6.73. The predicted octanol–water partition coefficient (Wildman–Crippen LogP) is 0.940. The average Bonchev–Trinajstić information content (AvgIpc) is 3.27. The number of carbonyl (C=O) groups excluding carboxylic acids is 1. The molecule has 1 saturated heterocycles. The number of aromatic nitrogens is 4. The van der Waals surface area contributed by atoms with Gasteiger partial charge in [-0.05, 0) is 30.3 Å². The fourth-order valence-electron chi connectivity index (χ4n) is 3.00. The zero-order valence-corrected chi connectivity index (χ0v) is 13.9. The summed E-state index contributed by atoms with van der Waals surface area (Å²) in [7, 11) is 3.04. The van der Waals surface area contributed by atoms with Gasteiger partial charge in [0.2, 0.25) is 5.82 Å². The van der Waals surface area contributed by atoms with Crippen LogP contribution in [0.5, 0.6) is 0 Å². The summed E-state index contributed by atoms with van der Waals surface area (Å²) >= 11 is 1.63. The minimum absolute atomic E-state index is 0.194. The third-order valence-corrected chi connectivity index (χ3v) is 5.14.